The molecule has 120 valence electrons. The van der Waals surface area contributed by atoms with Crippen LogP contribution in [0.5, 0.6) is 17.4 Å². The van der Waals surface area contributed by atoms with Crippen LogP contribution in [-0.2, 0) is 0 Å². The van der Waals surface area contributed by atoms with Crippen LogP contribution in [0.4, 0.5) is 0 Å². The van der Waals surface area contributed by atoms with E-state index in [1.54, 1.807) is 30.5 Å². The molecule has 24 heavy (non-hydrogen) atoms. The molecule has 4 heteroatoms. The zero-order chi connectivity index (χ0) is 16.9. The highest BCUT2D eigenvalue weighted by atomic mass is 16.5. The molecule has 0 aliphatic carbocycles. The highest BCUT2D eigenvalue weighted by Gasteiger charge is 2.16. The summed E-state index contributed by atoms with van der Waals surface area (Å²) >= 11 is 0. The molecule has 0 N–H and O–H groups in total. The zero-order valence-corrected chi connectivity index (χ0v) is 13.5. The molecule has 0 aliphatic heterocycles. The van der Waals surface area contributed by atoms with Crippen LogP contribution in [0, 0.1) is 13.8 Å². The van der Waals surface area contributed by atoms with E-state index in [-0.39, 0.29) is 11.4 Å². The number of carbonyl (C=O) groups excluding carboxylic acids is 1. The fourth-order valence-electron chi connectivity index (χ4n) is 2.11. The van der Waals surface area contributed by atoms with Gasteiger partial charge in [0, 0.05) is 6.20 Å². The molecule has 0 saturated carbocycles. The Bertz CT molecular complexity index is 840. The minimum atomic E-state index is -0.505. The average molecular weight is 319 g/mol. The Balaban J connectivity index is 1.81. The average Bonchev–Trinajstić information content (AvgIpc) is 2.59. The fraction of sp³-hybridized carbons (Fsp3) is 0.100. The molecule has 4 nitrogen and oxygen atoms in total. The van der Waals surface area contributed by atoms with Crippen molar-refractivity contribution in [2.45, 2.75) is 13.8 Å². The molecule has 0 atom stereocenters. The van der Waals surface area contributed by atoms with E-state index in [0.29, 0.717) is 11.5 Å². The van der Waals surface area contributed by atoms with Gasteiger partial charge >= 0.3 is 5.97 Å². The summed E-state index contributed by atoms with van der Waals surface area (Å²) in [5, 5.41) is 0. The number of rotatable bonds is 4. The largest absolute Gasteiger partial charge is 0.438 e. The smallest absolute Gasteiger partial charge is 0.349 e. The van der Waals surface area contributed by atoms with Crippen LogP contribution >= 0.6 is 0 Å². The van der Waals surface area contributed by atoms with Crippen molar-refractivity contribution in [3.8, 4) is 17.4 Å². The van der Waals surface area contributed by atoms with Crippen molar-refractivity contribution in [1.29, 1.82) is 0 Å². The maximum atomic E-state index is 12.4. The van der Waals surface area contributed by atoms with Crippen LogP contribution in [0.15, 0.2) is 66.9 Å². The number of hydrogen-bond donors (Lipinski definition) is 0. The molecule has 2 aromatic carbocycles. The van der Waals surface area contributed by atoms with Gasteiger partial charge in [0.2, 0.25) is 5.88 Å². The predicted octanol–water partition coefficient (Wildman–Crippen LogP) is 4.71. The maximum absolute atomic E-state index is 12.4. The van der Waals surface area contributed by atoms with Crippen LogP contribution in [0.3, 0.4) is 0 Å². The van der Waals surface area contributed by atoms with Gasteiger partial charge in [-0.2, -0.15) is 0 Å². The number of hydrogen-bond acceptors (Lipinski definition) is 4. The number of ether oxygens (including phenoxy) is 2. The van der Waals surface area contributed by atoms with Gasteiger partial charge in [-0.1, -0.05) is 35.4 Å². The lowest BCUT2D eigenvalue weighted by Gasteiger charge is -2.10. The van der Waals surface area contributed by atoms with Crippen molar-refractivity contribution in [3.63, 3.8) is 0 Å². The summed E-state index contributed by atoms with van der Waals surface area (Å²) in [6.07, 6.45) is 1.58. The highest BCUT2D eigenvalue weighted by Crippen LogP contribution is 2.24. The summed E-state index contributed by atoms with van der Waals surface area (Å²) in [6.45, 7) is 3.97. The van der Waals surface area contributed by atoms with Crippen LogP contribution in [0.2, 0.25) is 0 Å². The molecule has 3 aromatic rings. The van der Waals surface area contributed by atoms with E-state index in [2.05, 4.69) is 4.98 Å². The molecule has 0 amide bonds. The van der Waals surface area contributed by atoms with E-state index in [9.17, 15) is 4.79 Å². The Morgan fingerprint density at radius 1 is 0.833 bits per heavy atom. The molecule has 0 unspecified atom stereocenters. The molecular weight excluding hydrogens is 302 g/mol. The topological polar surface area (TPSA) is 48.4 Å². The Hall–Kier alpha value is -3.14. The van der Waals surface area contributed by atoms with Gasteiger partial charge < -0.3 is 9.47 Å². The summed E-state index contributed by atoms with van der Waals surface area (Å²) in [4.78, 5) is 16.6. The lowest BCUT2D eigenvalue weighted by atomic mass is 10.2. The second-order valence-electron chi connectivity index (χ2n) is 5.47. The van der Waals surface area contributed by atoms with E-state index < -0.39 is 5.97 Å². The van der Waals surface area contributed by atoms with E-state index >= 15 is 0 Å². The van der Waals surface area contributed by atoms with Crippen molar-refractivity contribution >= 4 is 5.97 Å². The molecule has 3 rings (SSSR count). The minimum Gasteiger partial charge on any atom is -0.438 e. The van der Waals surface area contributed by atoms with E-state index in [0.717, 1.165) is 11.1 Å². The summed E-state index contributed by atoms with van der Waals surface area (Å²) in [5.74, 6) is 0.812. The third-order valence-electron chi connectivity index (χ3n) is 3.46. The third kappa shape index (κ3) is 3.79. The SMILES string of the molecule is Cc1ccc(OC(=O)c2cccnc2Oc2ccc(C)cc2)cc1. The Morgan fingerprint density at radius 3 is 2.04 bits per heavy atom. The lowest BCUT2D eigenvalue weighted by molar-refractivity contribution is 0.0731. The number of aromatic nitrogens is 1. The summed E-state index contributed by atoms with van der Waals surface area (Å²) in [6, 6.07) is 18.1. The van der Waals surface area contributed by atoms with E-state index in [4.69, 9.17) is 9.47 Å². The number of aryl methyl sites for hydroxylation is 2. The Labute approximate surface area is 140 Å². The van der Waals surface area contributed by atoms with Crippen LogP contribution in [0.25, 0.3) is 0 Å². The zero-order valence-electron chi connectivity index (χ0n) is 13.5. The monoisotopic (exact) mass is 319 g/mol. The molecule has 0 saturated heterocycles. The molecule has 1 heterocycles. The lowest BCUT2D eigenvalue weighted by Crippen LogP contribution is -2.10. The van der Waals surface area contributed by atoms with Crippen molar-refractivity contribution < 1.29 is 14.3 Å². The standard InChI is InChI=1S/C20H17NO3/c1-14-5-9-16(10-6-14)23-19-18(4-3-13-21-19)20(22)24-17-11-7-15(2)8-12-17/h3-13H,1-2H3. The van der Waals surface area contributed by atoms with Crippen molar-refractivity contribution in [3.05, 3.63) is 83.6 Å². The van der Waals surface area contributed by atoms with Gasteiger partial charge in [-0.25, -0.2) is 9.78 Å². The van der Waals surface area contributed by atoms with Gasteiger partial charge in [-0.3, -0.25) is 0 Å². The first-order valence-electron chi connectivity index (χ1n) is 7.60. The normalized spacial score (nSPS) is 10.2. The molecule has 0 bridgehead atoms. The Morgan fingerprint density at radius 2 is 1.42 bits per heavy atom. The first-order chi connectivity index (χ1) is 11.6. The van der Waals surface area contributed by atoms with E-state index in [1.165, 1.54) is 0 Å². The molecule has 0 spiro atoms. The second kappa shape index (κ2) is 6.96. The van der Waals surface area contributed by atoms with Crippen molar-refractivity contribution in [2.24, 2.45) is 0 Å². The first-order valence-corrected chi connectivity index (χ1v) is 7.60. The maximum Gasteiger partial charge on any atom is 0.349 e. The van der Waals surface area contributed by atoms with Crippen LogP contribution < -0.4 is 9.47 Å². The fourth-order valence-corrected chi connectivity index (χ4v) is 2.11. The summed E-state index contributed by atoms with van der Waals surface area (Å²) < 4.78 is 11.1. The highest BCUT2D eigenvalue weighted by molar-refractivity contribution is 5.93. The number of benzene rings is 2. The molecule has 0 aliphatic rings. The predicted molar refractivity (Wildman–Crippen MR) is 91.6 cm³/mol. The van der Waals surface area contributed by atoms with Gasteiger partial charge in [-0.15, -0.1) is 0 Å². The van der Waals surface area contributed by atoms with Crippen molar-refractivity contribution in [1.82, 2.24) is 4.98 Å². The van der Waals surface area contributed by atoms with Gasteiger partial charge in [0.25, 0.3) is 0 Å². The first kappa shape index (κ1) is 15.7. The molecule has 0 radical (unpaired) electrons. The van der Waals surface area contributed by atoms with Gasteiger partial charge in [0.05, 0.1) is 0 Å². The van der Waals surface area contributed by atoms with Gasteiger partial charge in [0.1, 0.15) is 17.1 Å². The second-order valence-corrected chi connectivity index (χ2v) is 5.47. The van der Waals surface area contributed by atoms with Crippen LogP contribution in [0.1, 0.15) is 21.5 Å². The summed E-state index contributed by atoms with van der Waals surface area (Å²) in [5.41, 5.74) is 2.50. The van der Waals surface area contributed by atoms with Gasteiger partial charge in [0.15, 0.2) is 0 Å². The van der Waals surface area contributed by atoms with Crippen LogP contribution in [-0.4, -0.2) is 11.0 Å². The number of carbonyl (C=O) groups is 1. The molecular formula is C20H17NO3. The summed E-state index contributed by atoms with van der Waals surface area (Å²) in [7, 11) is 0. The molecule has 0 fully saturated rings. The minimum absolute atomic E-state index is 0.221. The number of pyridine rings is 1. The molecule has 1 aromatic heterocycles. The Kier molecular flexibility index (Phi) is 4.57. The van der Waals surface area contributed by atoms with E-state index in [1.807, 2.05) is 50.2 Å². The number of esters is 1. The quantitative estimate of drug-likeness (QED) is 0.516. The van der Waals surface area contributed by atoms with Crippen molar-refractivity contribution in [2.75, 3.05) is 0 Å². The third-order valence-corrected chi connectivity index (χ3v) is 3.46. The van der Waals surface area contributed by atoms with Gasteiger partial charge in [-0.05, 0) is 50.2 Å². The number of nitrogens with zero attached hydrogens (tertiary/aromatic N) is 1.